The minimum Gasteiger partial charge on any atom is -0.484 e. The highest BCUT2D eigenvalue weighted by Gasteiger charge is 2.24. The third-order valence-corrected chi connectivity index (χ3v) is 6.01. The summed E-state index contributed by atoms with van der Waals surface area (Å²) < 4.78 is 12.2. The summed E-state index contributed by atoms with van der Waals surface area (Å²) in [6, 6.07) is 25.1. The smallest absolute Gasteiger partial charge is 0.260 e. The first kappa shape index (κ1) is 22.9. The topological polar surface area (TPSA) is 59.1 Å². The van der Waals surface area contributed by atoms with Crippen LogP contribution < -0.4 is 9.47 Å². The van der Waals surface area contributed by atoms with Crippen molar-refractivity contribution >= 4 is 27.7 Å². The molecule has 1 aliphatic heterocycles. The molecular weight excluding hydrogens is 484 g/mol. The van der Waals surface area contributed by atoms with Crippen LogP contribution in [0.25, 0.3) is 11.1 Å². The zero-order valence-electron chi connectivity index (χ0n) is 18.2. The third-order valence-electron chi connectivity index (χ3n) is 5.48. The van der Waals surface area contributed by atoms with E-state index in [1.807, 2.05) is 66.7 Å². The fourth-order valence-corrected chi connectivity index (χ4v) is 3.85. The lowest BCUT2D eigenvalue weighted by molar-refractivity contribution is -0.141. The van der Waals surface area contributed by atoms with E-state index in [0.717, 1.165) is 15.6 Å². The van der Waals surface area contributed by atoms with Gasteiger partial charge in [-0.15, -0.1) is 0 Å². The van der Waals surface area contributed by atoms with Crippen molar-refractivity contribution in [2.45, 2.75) is 0 Å². The fourth-order valence-electron chi connectivity index (χ4n) is 3.58. The quantitative estimate of drug-likeness (QED) is 0.478. The lowest BCUT2D eigenvalue weighted by Gasteiger charge is -2.34. The van der Waals surface area contributed by atoms with Crippen molar-refractivity contribution in [2.75, 3.05) is 39.4 Å². The van der Waals surface area contributed by atoms with Crippen molar-refractivity contribution in [1.82, 2.24) is 9.80 Å². The predicted molar refractivity (Wildman–Crippen MR) is 130 cm³/mol. The molecular formula is C26H25BrN2O4. The van der Waals surface area contributed by atoms with Crippen LogP contribution in [0, 0.1) is 0 Å². The second-order valence-electron chi connectivity index (χ2n) is 7.68. The van der Waals surface area contributed by atoms with E-state index in [0.29, 0.717) is 37.7 Å². The minimum absolute atomic E-state index is 0.0162. The highest BCUT2D eigenvalue weighted by Crippen LogP contribution is 2.22. The normalized spacial score (nSPS) is 13.5. The molecule has 6 nitrogen and oxygen atoms in total. The lowest BCUT2D eigenvalue weighted by Crippen LogP contribution is -2.52. The second kappa shape index (κ2) is 11.0. The summed E-state index contributed by atoms with van der Waals surface area (Å²) in [5, 5.41) is 0. The number of ether oxygens (including phenoxy) is 2. The number of benzene rings is 3. The molecule has 1 heterocycles. The van der Waals surface area contributed by atoms with Crippen LogP contribution >= 0.6 is 15.9 Å². The van der Waals surface area contributed by atoms with Gasteiger partial charge in [0.25, 0.3) is 11.8 Å². The van der Waals surface area contributed by atoms with Crippen LogP contribution in [-0.4, -0.2) is 61.0 Å². The minimum atomic E-state index is -0.0835. The molecule has 0 saturated carbocycles. The van der Waals surface area contributed by atoms with Gasteiger partial charge in [0.1, 0.15) is 11.5 Å². The van der Waals surface area contributed by atoms with Gasteiger partial charge in [-0.1, -0.05) is 58.4 Å². The number of carbonyl (C=O) groups is 2. The standard InChI is InChI=1S/C26H25BrN2O4/c27-22-8-12-24(13-9-22)33-19-26(31)29-16-14-28(15-17-29)25(30)18-32-23-10-6-21(7-11-23)20-4-2-1-3-5-20/h1-13H,14-19H2. The molecule has 7 heteroatoms. The molecule has 2 amide bonds. The number of nitrogens with zero attached hydrogens (tertiary/aromatic N) is 2. The molecule has 0 radical (unpaired) electrons. The number of halogens is 1. The van der Waals surface area contributed by atoms with Crippen LogP contribution in [0.4, 0.5) is 0 Å². The van der Waals surface area contributed by atoms with Crippen molar-refractivity contribution < 1.29 is 19.1 Å². The molecule has 33 heavy (non-hydrogen) atoms. The van der Waals surface area contributed by atoms with E-state index in [9.17, 15) is 9.59 Å². The van der Waals surface area contributed by atoms with E-state index in [-0.39, 0.29) is 25.0 Å². The summed E-state index contributed by atoms with van der Waals surface area (Å²) in [4.78, 5) is 28.4. The van der Waals surface area contributed by atoms with Crippen molar-refractivity contribution in [3.63, 3.8) is 0 Å². The van der Waals surface area contributed by atoms with Gasteiger partial charge in [0.2, 0.25) is 0 Å². The van der Waals surface area contributed by atoms with Gasteiger partial charge in [-0.25, -0.2) is 0 Å². The van der Waals surface area contributed by atoms with Gasteiger partial charge in [-0.3, -0.25) is 9.59 Å². The predicted octanol–water partition coefficient (Wildman–Crippen LogP) is 4.24. The van der Waals surface area contributed by atoms with E-state index < -0.39 is 0 Å². The Morgan fingerprint density at radius 3 is 1.55 bits per heavy atom. The Labute approximate surface area is 201 Å². The Bertz CT molecular complexity index is 1060. The van der Waals surface area contributed by atoms with Crippen molar-refractivity contribution in [1.29, 1.82) is 0 Å². The molecule has 0 aromatic heterocycles. The van der Waals surface area contributed by atoms with E-state index in [4.69, 9.17) is 9.47 Å². The lowest BCUT2D eigenvalue weighted by atomic mass is 10.1. The molecule has 3 aromatic rings. The zero-order chi connectivity index (χ0) is 23.0. The Morgan fingerprint density at radius 2 is 1.06 bits per heavy atom. The van der Waals surface area contributed by atoms with Crippen LogP contribution in [0.15, 0.2) is 83.3 Å². The third kappa shape index (κ3) is 6.35. The molecule has 0 spiro atoms. The fraction of sp³-hybridized carbons (Fsp3) is 0.231. The molecule has 0 bridgehead atoms. The maximum absolute atomic E-state index is 12.5. The number of rotatable bonds is 7. The Hall–Kier alpha value is -3.32. The Morgan fingerprint density at radius 1 is 0.636 bits per heavy atom. The van der Waals surface area contributed by atoms with Crippen molar-refractivity contribution in [3.05, 3.63) is 83.3 Å². The first-order chi connectivity index (χ1) is 16.1. The summed E-state index contributed by atoms with van der Waals surface area (Å²) in [6.45, 7) is 1.90. The van der Waals surface area contributed by atoms with Gasteiger partial charge < -0.3 is 19.3 Å². The zero-order valence-corrected chi connectivity index (χ0v) is 19.7. The van der Waals surface area contributed by atoms with E-state index >= 15 is 0 Å². The summed E-state index contributed by atoms with van der Waals surface area (Å²) in [6.07, 6.45) is 0. The second-order valence-corrected chi connectivity index (χ2v) is 8.60. The Balaban J connectivity index is 1.19. The Kier molecular flexibility index (Phi) is 7.62. The van der Waals surface area contributed by atoms with Crippen LogP contribution in [-0.2, 0) is 9.59 Å². The van der Waals surface area contributed by atoms with Gasteiger partial charge in [-0.05, 0) is 47.5 Å². The maximum Gasteiger partial charge on any atom is 0.260 e. The van der Waals surface area contributed by atoms with E-state index in [1.165, 1.54) is 0 Å². The number of carbonyl (C=O) groups excluding carboxylic acids is 2. The van der Waals surface area contributed by atoms with E-state index in [2.05, 4.69) is 28.1 Å². The number of piperazine rings is 1. The number of hydrogen-bond acceptors (Lipinski definition) is 4. The molecule has 170 valence electrons. The SMILES string of the molecule is O=C(COc1ccc(Br)cc1)N1CCN(C(=O)COc2ccc(-c3ccccc3)cc2)CC1. The highest BCUT2D eigenvalue weighted by molar-refractivity contribution is 9.10. The number of hydrogen-bond donors (Lipinski definition) is 0. The van der Waals surface area contributed by atoms with Crippen molar-refractivity contribution in [2.24, 2.45) is 0 Å². The van der Waals surface area contributed by atoms with Gasteiger partial charge in [0, 0.05) is 30.7 Å². The first-order valence-electron chi connectivity index (χ1n) is 10.8. The highest BCUT2D eigenvalue weighted by atomic mass is 79.9. The number of amides is 2. The molecule has 0 atom stereocenters. The average Bonchev–Trinajstić information content (AvgIpc) is 2.87. The van der Waals surface area contributed by atoms with Gasteiger partial charge in [-0.2, -0.15) is 0 Å². The summed E-state index contributed by atoms with van der Waals surface area (Å²) in [5.74, 6) is 1.14. The summed E-state index contributed by atoms with van der Waals surface area (Å²) in [7, 11) is 0. The first-order valence-corrected chi connectivity index (χ1v) is 11.6. The van der Waals surface area contributed by atoms with Crippen LogP contribution in [0.1, 0.15) is 0 Å². The summed E-state index contributed by atoms with van der Waals surface area (Å²) >= 11 is 3.37. The molecule has 1 aliphatic rings. The van der Waals surface area contributed by atoms with Gasteiger partial charge >= 0.3 is 0 Å². The monoisotopic (exact) mass is 508 g/mol. The molecule has 3 aromatic carbocycles. The van der Waals surface area contributed by atoms with Gasteiger partial charge in [0.05, 0.1) is 0 Å². The largest absolute Gasteiger partial charge is 0.484 e. The molecule has 0 aliphatic carbocycles. The average molecular weight is 509 g/mol. The molecule has 4 rings (SSSR count). The van der Waals surface area contributed by atoms with Crippen LogP contribution in [0.5, 0.6) is 11.5 Å². The molecule has 0 unspecified atom stereocenters. The summed E-state index contributed by atoms with van der Waals surface area (Å²) in [5.41, 5.74) is 2.23. The molecule has 1 saturated heterocycles. The van der Waals surface area contributed by atoms with E-state index in [1.54, 1.807) is 9.80 Å². The molecule has 1 fully saturated rings. The van der Waals surface area contributed by atoms with Crippen molar-refractivity contribution in [3.8, 4) is 22.6 Å². The van der Waals surface area contributed by atoms with Crippen LogP contribution in [0.2, 0.25) is 0 Å². The maximum atomic E-state index is 12.5. The van der Waals surface area contributed by atoms with Gasteiger partial charge in [0.15, 0.2) is 13.2 Å². The molecule has 0 N–H and O–H groups in total. The van der Waals surface area contributed by atoms with Crippen LogP contribution in [0.3, 0.4) is 0 Å².